The molecule has 1 aromatic carbocycles. The summed E-state index contributed by atoms with van der Waals surface area (Å²) in [5, 5.41) is 5.16. The highest BCUT2D eigenvalue weighted by atomic mass is 32.2. The first-order valence-electron chi connectivity index (χ1n) is 10.2. The number of carbonyl (C=O) groups is 2. The van der Waals surface area contributed by atoms with E-state index in [2.05, 4.69) is 10.6 Å². The number of hydrogen-bond acceptors (Lipinski definition) is 5. The van der Waals surface area contributed by atoms with Gasteiger partial charge in [-0.15, -0.1) is 11.8 Å². The lowest BCUT2D eigenvalue weighted by Gasteiger charge is -2.56. The van der Waals surface area contributed by atoms with E-state index in [0.717, 1.165) is 17.8 Å². The molecule has 1 heterocycles. The summed E-state index contributed by atoms with van der Waals surface area (Å²) in [6.45, 7) is 1.01. The molecule has 5 aliphatic rings. The van der Waals surface area contributed by atoms with Crippen molar-refractivity contribution in [2.45, 2.75) is 43.3 Å². The van der Waals surface area contributed by atoms with Gasteiger partial charge in [0.1, 0.15) is 13.2 Å². The van der Waals surface area contributed by atoms with Gasteiger partial charge >= 0.3 is 6.03 Å². The van der Waals surface area contributed by atoms with Crippen LogP contribution >= 0.6 is 11.8 Å². The molecule has 150 valence electrons. The summed E-state index contributed by atoms with van der Waals surface area (Å²) in [5.41, 5.74) is 0.572. The molecule has 3 amide bonds. The van der Waals surface area contributed by atoms with E-state index in [0.29, 0.717) is 36.2 Å². The monoisotopic (exact) mass is 402 g/mol. The number of nitrogens with one attached hydrogen (secondary N) is 2. The van der Waals surface area contributed by atoms with E-state index in [-0.39, 0.29) is 10.7 Å². The Morgan fingerprint density at radius 3 is 2.32 bits per heavy atom. The lowest BCUT2D eigenvalue weighted by Crippen LogP contribution is -2.49. The highest BCUT2D eigenvalue weighted by Crippen LogP contribution is 2.60. The van der Waals surface area contributed by atoms with Crippen LogP contribution in [0.4, 0.5) is 10.5 Å². The third-order valence-corrected chi connectivity index (χ3v) is 8.06. The van der Waals surface area contributed by atoms with Gasteiger partial charge in [0.15, 0.2) is 11.5 Å². The van der Waals surface area contributed by atoms with Crippen molar-refractivity contribution in [2.75, 3.05) is 24.3 Å². The lowest BCUT2D eigenvalue weighted by atomic mass is 9.56. The van der Waals surface area contributed by atoms with Crippen LogP contribution in [-0.4, -0.2) is 35.7 Å². The average molecular weight is 403 g/mol. The van der Waals surface area contributed by atoms with Crippen LogP contribution in [0, 0.1) is 17.8 Å². The molecule has 1 aromatic rings. The molecule has 0 aromatic heterocycles. The van der Waals surface area contributed by atoms with Crippen molar-refractivity contribution in [2.24, 2.45) is 17.8 Å². The number of amides is 3. The fourth-order valence-corrected chi connectivity index (χ4v) is 7.44. The number of imide groups is 1. The Hall–Kier alpha value is -1.89. The fraction of sp³-hybridized carbons (Fsp3) is 0.619. The molecule has 7 heteroatoms. The number of thioether (sulfide) groups is 1. The van der Waals surface area contributed by atoms with E-state index in [9.17, 15) is 9.59 Å². The number of rotatable bonds is 4. The van der Waals surface area contributed by atoms with Crippen LogP contribution in [-0.2, 0) is 4.79 Å². The number of hydrogen-bond donors (Lipinski definition) is 2. The zero-order chi connectivity index (χ0) is 19.1. The summed E-state index contributed by atoms with van der Waals surface area (Å²) in [7, 11) is 0. The molecule has 28 heavy (non-hydrogen) atoms. The third kappa shape index (κ3) is 3.69. The van der Waals surface area contributed by atoms with Crippen molar-refractivity contribution in [1.29, 1.82) is 0 Å². The van der Waals surface area contributed by atoms with Crippen LogP contribution in [0.5, 0.6) is 11.5 Å². The first-order chi connectivity index (χ1) is 13.6. The maximum absolute atomic E-state index is 12.3. The van der Waals surface area contributed by atoms with Crippen molar-refractivity contribution in [3.8, 4) is 11.5 Å². The van der Waals surface area contributed by atoms with E-state index >= 15 is 0 Å². The molecule has 0 unspecified atom stereocenters. The van der Waals surface area contributed by atoms with E-state index in [1.54, 1.807) is 30.0 Å². The predicted octanol–water partition coefficient (Wildman–Crippen LogP) is 3.81. The number of urea groups is 1. The van der Waals surface area contributed by atoms with E-state index in [1.807, 2.05) is 0 Å². The summed E-state index contributed by atoms with van der Waals surface area (Å²) in [6.07, 6.45) is 7.93. The molecule has 0 radical (unpaired) electrons. The second-order valence-electron chi connectivity index (χ2n) is 8.75. The minimum atomic E-state index is -0.507. The smallest absolute Gasteiger partial charge is 0.325 e. The highest BCUT2D eigenvalue weighted by molar-refractivity contribution is 8.01. The van der Waals surface area contributed by atoms with Crippen molar-refractivity contribution >= 4 is 29.4 Å². The Balaban J connectivity index is 1.13. The summed E-state index contributed by atoms with van der Waals surface area (Å²) in [6, 6.07) is 4.70. The van der Waals surface area contributed by atoms with Gasteiger partial charge in [-0.1, -0.05) is 0 Å². The molecule has 4 fully saturated rings. The summed E-state index contributed by atoms with van der Waals surface area (Å²) in [4.78, 5) is 24.5. The predicted molar refractivity (Wildman–Crippen MR) is 108 cm³/mol. The molecule has 1 aliphatic heterocycles. The van der Waals surface area contributed by atoms with Gasteiger partial charge in [0.2, 0.25) is 5.91 Å². The van der Waals surface area contributed by atoms with E-state index in [1.165, 1.54) is 38.5 Å². The van der Waals surface area contributed by atoms with E-state index in [4.69, 9.17) is 9.47 Å². The van der Waals surface area contributed by atoms with Crippen LogP contribution in [0.1, 0.15) is 38.5 Å². The Kier molecular flexibility index (Phi) is 4.65. The normalized spacial score (nSPS) is 32.1. The molecule has 2 N–H and O–H groups in total. The Labute approximate surface area is 169 Å². The summed E-state index contributed by atoms with van der Waals surface area (Å²) in [5.74, 6) is 3.98. The summed E-state index contributed by atoms with van der Waals surface area (Å²) < 4.78 is 11.3. The Bertz CT molecular complexity index is 761. The van der Waals surface area contributed by atoms with Gasteiger partial charge in [-0.3, -0.25) is 10.1 Å². The Morgan fingerprint density at radius 2 is 1.64 bits per heavy atom. The molecule has 0 saturated heterocycles. The average Bonchev–Trinajstić information content (AvgIpc) is 2.65. The highest BCUT2D eigenvalue weighted by Gasteiger charge is 2.51. The molecule has 4 saturated carbocycles. The SMILES string of the molecule is O=C(CSC12CC3CC(CC(C3)C1)C2)NC(=O)Nc1ccc2c(c1)OCCO2. The van der Waals surface area contributed by atoms with Gasteiger partial charge in [0, 0.05) is 16.5 Å². The zero-order valence-electron chi connectivity index (χ0n) is 15.9. The molecular formula is C21H26N2O4S. The number of fused-ring (bicyclic) bond motifs is 1. The van der Waals surface area contributed by atoms with Crippen molar-refractivity contribution in [3.05, 3.63) is 18.2 Å². The number of anilines is 1. The van der Waals surface area contributed by atoms with Crippen molar-refractivity contribution < 1.29 is 19.1 Å². The molecule has 0 spiro atoms. The standard InChI is InChI=1S/C21H26N2O4S/c24-19(12-28-21-9-13-5-14(10-21)7-15(6-13)11-21)23-20(25)22-16-1-2-17-18(8-16)27-4-3-26-17/h1-2,8,13-15H,3-7,9-12H2,(H2,22,23,24,25). The molecular weight excluding hydrogens is 376 g/mol. The largest absolute Gasteiger partial charge is 0.486 e. The Morgan fingerprint density at radius 1 is 1.00 bits per heavy atom. The second kappa shape index (κ2) is 7.17. The second-order valence-corrected chi connectivity index (χ2v) is 10.2. The molecule has 4 aliphatic carbocycles. The maximum Gasteiger partial charge on any atom is 0.325 e. The minimum absolute atomic E-state index is 0.226. The van der Waals surface area contributed by atoms with Crippen molar-refractivity contribution in [1.82, 2.24) is 5.32 Å². The van der Waals surface area contributed by atoms with Gasteiger partial charge in [-0.25, -0.2) is 4.79 Å². The summed E-state index contributed by atoms with van der Waals surface area (Å²) >= 11 is 1.78. The van der Waals surface area contributed by atoms with Crippen LogP contribution in [0.15, 0.2) is 18.2 Å². The lowest BCUT2D eigenvalue weighted by molar-refractivity contribution is -0.117. The minimum Gasteiger partial charge on any atom is -0.486 e. The van der Waals surface area contributed by atoms with Gasteiger partial charge in [0.25, 0.3) is 0 Å². The zero-order valence-corrected chi connectivity index (χ0v) is 16.7. The molecule has 6 rings (SSSR count). The first-order valence-corrected chi connectivity index (χ1v) is 11.2. The van der Waals surface area contributed by atoms with Crippen LogP contribution in [0.3, 0.4) is 0 Å². The molecule has 4 bridgehead atoms. The van der Waals surface area contributed by atoms with Crippen LogP contribution in [0.2, 0.25) is 0 Å². The topological polar surface area (TPSA) is 76.7 Å². The van der Waals surface area contributed by atoms with Gasteiger partial charge in [-0.05, 0) is 68.4 Å². The number of carbonyl (C=O) groups excluding carboxylic acids is 2. The van der Waals surface area contributed by atoms with Gasteiger partial charge in [-0.2, -0.15) is 0 Å². The van der Waals surface area contributed by atoms with Crippen LogP contribution < -0.4 is 20.1 Å². The molecule has 6 nitrogen and oxygen atoms in total. The van der Waals surface area contributed by atoms with Crippen LogP contribution in [0.25, 0.3) is 0 Å². The molecule has 0 atom stereocenters. The first kappa shape index (κ1) is 18.2. The fourth-order valence-electron chi connectivity index (χ4n) is 5.87. The maximum atomic E-state index is 12.3. The number of ether oxygens (including phenoxy) is 2. The third-order valence-electron chi connectivity index (χ3n) is 6.54. The number of benzene rings is 1. The van der Waals surface area contributed by atoms with Crippen molar-refractivity contribution in [3.63, 3.8) is 0 Å². The van der Waals surface area contributed by atoms with Gasteiger partial charge < -0.3 is 14.8 Å². The quantitative estimate of drug-likeness (QED) is 0.801. The van der Waals surface area contributed by atoms with Gasteiger partial charge in [0.05, 0.1) is 5.75 Å². The van der Waals surface area contributed by atoms with E-state index < -0.39 is 6.03 Å².